The Kier molecular flexibility index (Phi) is 8.40. The van der Waals surface area contributed by atoms with E-state index in [9.17, 15) is 14.0 Å². The molecule has 8 nitrogen and oxygen atoms in total. The number of thioether (sulfide) groups is 1. The van der Waals surface area contributed by atoms with E-state index in [0.29, 0.717) is 28.8 Å². The van der Waals surface area contributed by atoms with Crippen LogP contribution in [-0.4, -0.2) is 48.5 Å². The fraction of sp³-hybridized carbons (Fsp3) is 0.238. The number of nitrogens with one attached hydrogen (secondary N) is 2. The number of halogens is 1. The highest BCUT2D eigenvalue weighted by atomic mass is 32.2. The molecule has 0 spiro atoms. The van der Waals surface area contributed by atoms with Crippen molar-refractivity contribution in [3.05, 3.63) is 59.4 Å². The van der Waals surface area contributed by atoms with Gasteiger partial charge >= 0.3 is 0 Å². The summed E-state index contributed by atoms with van der Waals surface area (Å²) in [4.78, 5) is 24.2. The van der Waals surface area contributed by atoms with E-state index in [2.05, 4.69) is 20.8 Å². The first-order valence-electron chi connectivity index (χ1n) is 9.49. The quantitative estimate of drug-likeness (QED) is 0.342. The molecule has 3 aromatic rings. The third kappa shape index (κ3) is 6.66. The molecule has 0 saturated carbocycles. The lowest BCUT2D eigenvalue weighted by molar-refractivity contribution is -0.118. The third-order valence-electron chi connectivity index (χ3n) is 4.22. The molecule has 0 unspecified atom stereocenters. The smallest absolute Gasteiger partial charge is 0.257 e. The Morgan fingerprint density at radius 1 is 1.09 bits per heavy atom. The van der Waals surface area contributed by atoms with Crippen molar-refractivity contribution in [2.24, 2.45) is 0 Å². The summed E-state index contributed by atoms with van der Waals surface area (Å²) in [6.45, 7) is 0.472. The van der Waals surface area contributed by atoms with Crippen molar-refractivity contribution < 1.29 is 23.5 Å². The molecule has 32 heavy (non-hydrogen) atoms. The summed E-state index contributed by atoms with van der Waals surface area (Å²) in [5.74, 6) is 0.339. The molecule has 0 fully saturated rings. The van der Waals surface area contributed by atoms with Gasteiger partial charge in [-0.1, -0.05) is 35.2 Å². The predicted molar refractivity (Wildman–Crippen MR) is 121 cm³/mol. The normalized spacial score (nSPS) is 10.5. The van der Waals surface area contributed by atoms with E-state index < -0.39 is 11.7 Å². The second kappa shape index (κ2) is 11.4. The SMILES string of the molecule is COc1ccc(CCNC(=O)CSc2nnc(NC(=O)c3cccc(F)c3)s2)cc1OC. The molecule has 3 rings (SSSR count). The van der Waals surface area contributed by atoms with Gasteiger partial charge in [0.2, 0.25) is 11.0 Å². The maximum Gasteiger partial charge on any atom is 0.257 e. The molecule has 0 radical (unpaired) electrons. The van der Waals surface area contributed by atoms with E-state index in [1.165, 1.54) is 30.0 Å². The second-order valence-electron chi connectivity index (χ2n) is 6.42. The van der Waals surface area contributed by atoms with Gasteiger partial charge in [-0.15, -0.1) is 10.2 Å². The molecule has 2 N–H and O–H groups in total. The number of ether oxygens (including phenoxy) is 2. The van der Waals surface area contributed by atoms with Gasteiger partial charge in [-0.05, 0) is 42.3 Å². The zero-order valence-corrected chi connectivity index (χ0v) is 19.0. The van der Waals surface area contributed by atoms with Crippen molar-refractivity contribution in [3.8, 4) is 11.5 Å². The maximum atomic E-state index is 13.2. The van der Waals surface area contributed by atoms with E-state index in [-0.39, 0.29) is 22.4 Å². The van der Waals surface area contributed by atoms with Crippen molar-refractivity contribution >= 4 is 40.0 Å². The first-order valence-corrected chi connectivity index (χ1v) is 11.3. The van der Waals surface area contributed by atoms with Gasteiger partial charge in [0.05, 0.1) is 20.0 Å². The van der Waals surface area contributed by atoms with E-state index in [1.807, 2.05) is 18.2 Å². The van der Waals surface area contributed by atoms with Gasteiger partial charge in [-0.2, -0.15) is 0 Å². The summed E-state index contributed by atoms with van der Waals surface area (Å²) >= 11 is 2.36. The number of aromatic nitrogens is 2. The molecule has 168 valence electrons. The van der Waals surface area contributed by atoms with Gasteiger partial charge in [-0.3, -0.25) is 14.9 Å². The van der Waals surface area contributed by atoms with Crippen LogP contribution in [0, 0.1) is 5.82 Å². The van der Waals surface area contributed by atoms with E-state index >= 15 is 0 Å². The number of nitrogens with zero attached hydrogens (tertiary/aromatic N) is 2. The number of carbonyl (C=O) groups is 2. The summed E-state index contributed by atoms with van der Waals surface area (Å²) in [6.07, 6.45) is 0.645. The van der Waals surface area contributed by atoms with Crippen LogP contribution in [0.3, 0.4) is 0 Å². The summed E-state index contributed by atoms with van der Waals surface area (Å²) in [6, 6.07) is 11.0. The molecular weight excluding hydrogens is 455 g/mol. The van der Waals surface area contributed by atoms with E-state index in [4.69, 9.17) is 9.47 Å². The molecule has 0 aliphatic heterocycles. The van der Waals surface area contributed by atoms with E-state index in [0.717, 1.165) is 23.0 Å². The molecule has 11 heteroatoms. The summed E-state index contributed by atoms with van der Waals surface area (Å²) in [5.41, 5.74) is 1.20. The number of hydrogen-bond acceptors (Lipinski definition) is 8. The predicted octanol–water partition coefficient (Wildman–Crippen LogP) is 3.40. The minimum Gasteiger partial charge on any atom is -0.493 e. The molecule has 2 amide bonds. The lowest BCUT2D eigenvalue weighted by atomic mass is 10.1. The fourth-order valence-electron chi connectivity index (χ4n) is 2.68. The van der Waals surface area contributed by atoms with Crippen LogP contribution in [0.25, 0.3) is 0 Å². The Morgan fingerprint density at radius 3 is 2.66 bits per heavy atom. The van der Waals surface area contributed by atoms with Gasteiger partial charge in [0, 0.05) is 12.1 Å². The van der Waals surface area contributed by atoms with Gasteiger partial charge in [0.25, 0.3) is 5.91 Å². The first-order chi connectivity index (χ1) is 15.5. The van der Waals surface area contributed by atoms with E-state index in [1.54, 1.807) is 14.2 Å². The standard InChI is InChI=1S/C21H21FN4O4S2/c1-29-16-7-6-13(10-17(16)30-2)8-9-23-18(27)12-31-21-26-25-20(32-21)24-19(28)14-4-3-5-15(22)11-14/h3-7,10-11H,8-9,12H2,1-2H3,(H,23,27)(H,24,25,28). The topological polar surface area (TPSA) is 102 Å². The molecule has 1 heterocycles. The largest absolute Gasteiger partial charge is 0.493 e. The van der Waals surface area contributed by atoms with Gasteiger partial charge in [0.15, 0.2) is 15.8 Å². The summed E-state index contributed by atoms with van der Waals surface area (Å²) in [7, 11) is 3.15. The van der Waals surface area contributed by atoms with Crippen molar-refractivity contribution in [1.82, 2.24) is 15.5 Å². The highest BCUT2D eigenvalue weighted by Gasteiger charge is 2.12. The van der Waals surface area contributed by atoms with Crippen LogP contribution in [0.4, 0.5) is 9.52 Å². The molecular formula is C21H21FN4O4S2. The summed E-state index contributed by atoms with van der Waals surface area (Å²) in [5, 5.41) is 13.5. The number of carbonyl (C=O) groups excluding carboxylic acids is 2. The zero-order valence-electron chi connectivity index (χ0n) is 17.4. The minimum atomic E-state index is -0.497. The lowest BCUT2D eigenvalue weighted by Gasteiger charge is -2.10. The number of amides is 2. The van der Waals surface area contributed by atoms with Crippen LogP contribution < -0.4 is 20.1 Å². The number of rotatable bonds is 10. The van der Waals surface area contributed by atoms with Gasteiger partial charge < -0.3 is 14.8 Å². The Morgan fingerprint density at radius 2 is 1.91 bits per heavy atom. The molecule has 2 aromatic carbocycles. The first kappa shape index (κ1) is 23.5. The van der Waals surface area contributed by atoms with Crippen LogP contribution in [-0.2, 0) is 11.2 Å². The Bertz CT molecular complexity index is 1090. The van der Waals surface area contributed by atoms with Crippen LogP contribution in [0.5, 0.6) is 11.5 Å². The minimum absolute atomic E-state index is 0.143. The molecule has 1 aromatic heterocycles. The second-order valence-corrected chi connectivity index (χ2v) is 8.62. The fourth-order valence-corrected chi connectivity index (χ4v) is 4.26. The monoisotopic (exact) mass is 476 g/mol. The van der Waals surface area contributed by atoms with Crippen LogP contribution in [0.15, 0.2) is 46.8 Å². The highest BCUT2D eigenvalue weighted by molar-refractivity contribution is 8.01. The number of hydrogen-bond donors (Lipinski definition) is 2. The van der Waals surface area contributed by atoms with Crippen molar-refractivity contribution in [2.75, 3.05) is 31.8 Å². The highest BCUT2D eigenvalue weighted by Crippen LogP contribution is 2.28. The number of methoxy groups -OCH3 is 2. The molecule has 0 aliphatic carbocycles. The zero-order chi connectivity index (χ0) is 22.9. The molecule has 0 saturated heterocycles. The Labute approximate surface area is 192 Å². The van der Waals surface area contributed by atoms with Crippen molar-refractivity contribution in [1.29, 1.82) is 0 Å². The van der Waals surface area contributed by atoms with Crippen LogP contribution in [0.1, 0.15) is 15.9 Å². The number of benzene rings is 2. The average Bonchev–Trinajstić information content (AvgIpc) is 3.24. The summed E-state index contributed by atoms with van der Waals surface area (Å²) < 4.78 is 24.3. The third-order valence-corrected chi connectivity index (χ3v) is 6.20. The van der Waals surface area contributed by atoms with Crippen molar-refractivity contribution in [3.63, 3.8) is 0 Å². The van der Waals surface area contributed by atoms with Gasteiger partial charge in [-0.25, -0.2) is 4.39 Å². The molecule has 0 atom stereocenters. The molecule has 0 bridgehead atoms. The lowest BCUT2D eigenvalue weighted by Crippen LogP contribution is -2.27. The van der Waals surface area contributed by atoms with Crippen LogP contribution in [0.2, 0.25) is 0 Å². The Hall–Kier alpha value is -3.18. The van der Waals surface area contributed by atoms with Crippen molar-refractivity contribution in [2.45, 2.75) is 10.8 Å². The number of anilines is 1. The molecule has 0 aliphatic rings. The Balaban J connectivity index is 1.42. The maximum absolute atomic E-state index is 13.2. The average molecular weight is 477 g/mol. The van der Waals surface area contributed by atoms with Gasteiger partial charge in [0.1, 0.15) is 5.82 Å². The van der Waals surface area contributed by atoms with Crippen LogP contribution >= 0.6 is 23.1 Å².